The van der Waals surface area contributed by atoms with Crippen molar-refractivity contribution in [1.29, 1.82) is 0 Å². The average Bonchev–Trinajstić information content (AvgIpc) is 2.46. The van der Waals surface area contributed by atoms with Gasteiger partial charge in [0.2, 0.25) is 0 Å². The van der Waals surface area contributed by atoms with Gasteiger partial charge in [0.25, 0.3) is 0 Å². The van der Waals surface area contributed by atoms with Crippen molar-refractivity contribution in [3.05, 3.63) is 75.7 Å². The van der Waals surface area contributed by atoms with E-state index in [1.165, 1.54) is 16.3 Å². The van der Waals surface area contributed by atoms with E-state index in [1.54, 1.807) is 0 Å². The standard InChI is InChI=1S/C17H13BrClN/c18-16-10-14(19)8-9-17(16)20-11-13-6-3-5-12-4-1-2-7-15(12)13/h1-10,20H,11H2. The van der Waals surface area contributed by atoms with E-state index < -0.39 is 0 Å². The molecule has 0 spiro atoms. The van der Waals surface area contributed by atoms with Gasteiger partial charge < -0.3 is 5.32 Å². The van der Waals surface area contributed by atoms with Crippen molar-refractivity contribution >= 4 is 44.0 Å². The Morgan fingerprint density at radius 1 is 0.950 bits per heavy atom. The van der Waals surface area contributed by atoms with Gasteiger partial charge in [0, 0.05) is 21.7 Å². The van der Waals surface area contributed by atoms with Crippen LogP contribution in [0.4, 0.5) is 5.69 Å². The Morgan fingerprint density at radius 3 is 2.60 bits per heavy atom. The van der Waals surface area contributed by atoms with Crippen LogP contribution in [0.2, 0.25) is 5.02 Å². The average molecular weight is 347 g/mol. The minimum absolute atomic E-state index is 0.729. The zero-order valence-corrected chi connectivity index (χ0v) is 13.1. The molecule has 0 fully saturated rings. The van der Waals surface area contributed by atoms with E-state index in [9.17, 15) is 0 Å². The first-order valence-corrected chi connectivity index (χ1v) is 7.57. The van der Waals surface area contributed by atoms with Crippen LogP contribution in [0.25, 0.3) is 10.8 Å². The Kier molecular flexibility index (Phi) is 3.95. The van der Waals surface area contributed by atoms with Crippen molar-refractivity contribution in [3.8, 4) is 0 Å². The topological polar surface area (TPSA) is 12.0 Å². The lowest BCUT2D eigenvalue weighted by Crippen LogP contribution is -2.00. The molecular weight excluding hydrogens is 334 g/mol. The van der Waals surface area contributed by atoms with Crippen molar-refractivity contribution in [2.75, 3.05) is 5.32 Å². The summed E-state index contributed by atoms with van der Waals surface area (Å²) >= 11 is 9.48. The highest BCUT2D eigenvalue weighted by Gasteiger charge is 2.03. The number of rotatable bonds is 3. The Balaban J connectivity index is 1.87. The van der Waals surface area contributed by atoms with Crippen molar-refractivity contribution in [3.63, 3.8) is 0 Å². The molecule has 0 bridgehead atoms. The zero-order valence-electron chi connectivity index (χ0n) is 10.7. The van der Waals surface area contributed by atoms with Crippen molar-refractivity contribution < 1.29 is 0 Å². The maximum Gasteiger partial charge on any atom is 0.0488 e. The number of fused-ring (bicyclic) bond motifs is 1. The predicted octanol–water partition coefficient (Wildman–Crippen LogP) is 5.87. The molecule has 0 saturated heterocycles. The molecule has 3 aromatic rings. The SMILES string of the molecule is Clc1ccc(NCc2cccc3ccccc23)c(Br)c1. The van der Waals surface area contributed by atoms with Gasteiger partial charge in [0.05, 0.1) is 0 Å². The molecule has 3 heteroatoms. The van der Waals surface area contributed by atoms with E-state index >= 15 is 0 Å². The summed E-state index contributed by atoms with van der Waals surface area (Å²) in [4.78, 5) is 0. The third-order valence-corrected chi connectivity index (χ3v) is 4.17. The summed E-state index contributed by atoms with van der Waals surface area (Å²) in [5.41, 5.74) is 2.33. The first-order chi connectivity index (χ1) is 9.74. The van der Waals surface area contributed by atoms with Gasteiger partial charge in [-0.15, -0.1) is 0 Å². The number of nitrogens with one attached hydrogen (secondary N) is 1. The van der Waals surface area contributed by atoms with Gasteiger partial charge in [0.15, 0.2) is 0 Å². The minimum atomic E-state index is 0.729. The fourth-order valence-electron chi connectivity index (χ4n) is 2.27. The lowest BCUT2D eigenvalue weighted by molar-refractivity contribution is 1.16. The van der Waals surface area contributed by atoms with E-state index in [-0.39, 0.29) is 0 Å². The first-order valence-electron chi connectivity index (χ1n) is 6.39. The second kappa shape index (κ2) is 5.86. The lowest BCUT2D eigenvalue weighted by Gasteiger charge is -2.11. The van der Waals surface area contributed by atoms with Crippen LogP contribution in [0.3, 0.4) is 0 Å². The Labute approximate surface area is 131 Å². The highest BCUT2D eigenvalue weighted by Crippen LogP contribution is 2.27. The normalized spacial score (nSPS) is 10.7. The van der Waals surface area contributed by atoms with Gasteiger partial charge in [-0.2, -0.15) is 0 Å². The highest BCUT2D eigenvalue weighted by molar-refractivity contribution is 9.10. The van der Waals surface area contributed by atoms with E-state index in [2.05, 4.69) is 63.7 Å². The molecule has 0 aliphatic rings. The summed E-state index contributed by atoms with van der Waals surface area (Å²) < 4.78 is 0.977. The maximum absolute atomic E-state index is 5.95. The van der Waals surface area contributed by atoms with Crippen LogP contribution in [0.1, 0.15) is 5.56 Å². The van der Waals surface area contributed by atoms with Crippen LogP contribution < -0.4 is 5.32 Å². The number of hydrogen-bond donors (Lipinski definition) is 1. The summed E-state index contributed by atoms with van der Waals surface area (Å²) in [6.45, 7) is 0.779. The van der Waals surface area contributed by atoms with Gasteiger partial charge >= 0.3 is 0 Å². The summed E-state index contributed by atoms with van der Waals surface area (Å²) in [7, 11) is 0. The first kappa shape index (κ1) is 13.5. The number of halogens is 2. The van der Waals surface area contributed by atoms with Crippen molar-refractivity contribution in [2.24, 2.45) is 0 Å². The van der Waals surface area contributed by atoms with E-state index in [0.717, 1.165) is 21.7 Å². The molecule has 1 nitrogen and oxygen atoms in total. The molecular formula is C17H13BrClN. The smallest absolute Gasteiger partial charge is 0.0488 e. The molecule has 0 atom stereocenters. The van der Waals surface area contributed by atoms with E-state index in [1.807, 2.05) is 18.2 Å². The molecule has 0 aliphatic carbocycles. The lowest BCUT2D eigenvalue weighted by atomic mass is 10.0. The summed E-state index contributed by atoms with van der Waals surface area (Å²) in [6.07, 6.45) is 0. The monoisotopic (exact) mass is 345 g/mol. The van der Waals surface area contributed by atoms with Gasteiger partial charge in [-0.05, 0) is 50.5 Å². The maximum atomic E-state index is 5.95. The fraction of sp³-hybridized carbons (Fsp3) is 0.0588. The van der Waals surface area contributed by atoms with Crippen molar-refractivity contribution in [1.82, 2.24) is 0 Å². The van der Waals surface area contributed by atoms with Crippen LogP contribution >= 0.6 is 27.5 Å². The summed E-state index contributed by atoms with van der Waals surface area (Å²) in [5.74, 6) is 0. The minimum Gasteiger partial charge on any atom is -0.380 e. The molecule has 1 N–H and O–H groups in total. The van der Waals surface area contributed by atoms with Crippen LogP contribution in [0.15, 0.2) is 65.1 Å². The summed E-state index contributed by atoms with van der Waals surface area (Å²) in [5, 5.41) is 6.72. The summed E-state index contributed by atoms with van der Waals surface area (Å²) in [6, 6.07) is 20.6. The second-order valence-electron chi connectivity index (χ2n) is 4.62. The van der Waals surface area contributed by atoms with Gasteiger partial charge in [-0.25, -0.2) is 0 Å². The molecule has 0 unspecified atom stereocenters. The molecule has 3 rings (SSSR count). The molecule has 3 aromatic carbocycles. The molecule has 0 aromatic heterocycles. The van der Waals surface area contributed by atoms with Crippen LogP contribution in [0.5, 0.6) is 0 Å². The second-order valence-corrected chi connectivity index (χ2v) is 5.91. The van der Waals surface area contributed by atoms with E-state index in [0.29, 0.717) is 0 Å². The number of hydrogen-bond acceptors (Lipinski definition) is 1. The van der Waals surface area contributed by atoms with Crippen LogP contribution in [0, 0.1) is 0 Å². The Hall–Kier alpha value is -1.51. The van der Waals surface area contributed by atoms with Gasteiger partial charge in [-0.1, -0.05) is 54.1 Å². The molecule has 0 heterocycles. The zero-order chi connectivity index (χ0) is 13.9. The molecule has 0 radical (unpaired) electrons. The largest absolute Gasteiger partial charge is 0.380 e. The Morgan fingerprint density at radius 2 is 1.75 bits per heavy atom. The van der Waals surface area contributed by atoms with Gasteiger partial charge in [0.1, 0.15) is 0 Å². The number of benzene rings is 3. The predicted molar refractivity (Wildman–Crippen MR) is 90.4 cm³/mol. The molecule has 0 saturated carbocycles. The molecule has 0 amide bonds. The third kappa shape index (κ3) is 2.82. The molecule has 0 aliphatic heterocycles. The molecule has 100 valence electrons. The number of anilines is 1. The van der Waals surface area contributed by atoms with Gasteiger partial charge in [-0.3, -0.25) is 0 Å². The van der Waals surface area contributed by atoms with Crippen LogP contribution in [-0.2, 0) is 6.54 Å². The highest BCUT2D eigenvalue weighted by atomic mass is 79.9. The van der Waals surface area contributed by atoms with E-state index in [4.69, 9.17) is 11.6 Å². The third-order valence-electron chi connectivity index (χ3n) is 3.28. The molecule has 20 heavy (non-hydrogen) atoms. The fourth-order valence-corrected chi connectivity index (χ4v) is 3.09. The van der Waals surface area contributed by atoms with Crippen LogP contribution in [-0.4, -0.2) is 0 Å². The quantitative estimate of drug-likeness (QED) is 0.625. The Bertz CT molecular complexity index is 750. The van der Waals surface area contributed by atoms with Crippen molar-refractivity contribution in [2.45, 2.75) is 6.54 Å².